The van der Waals surface area contributed by atoms with Gasteiger partial charge < -0.3 is 11.1 Å². The third kappa shape index (κ3) is 3.53. The van der Waals surface area contributed by atoms with Crippen LogP contribution < -0.4 is 15.8 Å². The van der Waals surface area contributed by atoms with Crippen molar-refractivity contribution >= 4 is 21.4 Å². The van der Waals surface area contributed by atoms with Crippen molar-refractivity contribution in [2.24, 2.45) is 0 Å². The molecule has 0 bridgehead atoms. The summed E-state index contributed by atoms with van der Waals surface area (Å²) in [6.45, 7) is -0.590. The molecular weight excluding hydrogens is 252 g/mol. The quantitative estimate of drug-likeness (QED) is 0.689. The molecular formula is C9H13F2N3O2S. The first-order valence-electron chi connectivity index (χ1n) is 4.72. The highest BCUT2D eigenvalue weighted by Gasteiger charge is 2.13. The highest BCUT2D eigenvalue weighted by atomic mass is 32.2. The van der Waals surface area contributed by atoms with Crippen LogP contribution in [0.5, 0.6) is 0 Å². The second-order valence-electron chi connectivity index (χ2n) is 3.23. The number of anilines is 2. The maximum absolute atomic E-state index is 12.0. The highest BCUT2D eigenvalue weighted by molar-refractivity contribution is 7.89. The fourth-order valence-electron chi connectivity index (χ4n) is 1.16. The maximum Gasteiger partial charge on any atom is 0.255 e. The largest absolute Gasteiger partial charge is 0.397 e. The standard InChI is InChI=1S/C9H13F2N3O2S/c1-13-17(15,16)6-2-3-7(12)8(4-6)14-5-9(10)11/h2-4,9,13-14H,5,12H2,1H3. The van der Waals surface area contributed by atoms with E-state index in [2.05, 4.69) is 10.0 Å². The molecule has 0 saturated carbocycles. The van der Waals surface area contributed by atoms with Gasteiger partial charge in [0.05, 0.1) is 22.8 Å². The molecule has 0 atom stereocenters. The lowest BCUT2D eigenvalue weighted by molar-refractivity contribution is 0.163. The second-order valence-corrected chi connectivity index (χ2v) is 5.12. The Morgan fingerprint density at radius 1 is 1.41 bits per heavy atom. The lowest BCUT2D eigenvalue weighted by Gasteiger charge is -2.11. The predicted molar refractivity (Wildman–Crippen MR) is 61.6 cm³/mol. The highest BCUT2D eigenvalue weighted by Crippen LogP contribution is 2.22. The van der Waals surface area contributed by atoms with Crippen molar-refractivity contribution < 1.29 is 17.2 Å². The number of alkyl halides is 2. The molecule has 0 saturated heterocycles. The number of hydrogen-bond acceptors (Lipinski definition) is 4. The van der Waals surface area contributed by atoms with E-state index >= 15 is 0 Å². The van der Waals surface area contributed by atoms with Gasteiger partial charge in [-0.15, -0.1) is 0 Å². The summed E-state index contributed by atoms with van der Waals surface area (Å²) in [7, 11) is -2.35. The second kappa shape index (κ2) is 5.28. The number of benzene rings is 1. The van der Waals surface area contributed by atoms with Crippen LogP contribution in [0.25, 0.3) is 0 Å². The van der Waals surface area contributed by atoms with Crippen molar-refractivity contribution in [3.8, 4) is 0 Å². The fourth-order valence-corrected chi connectivity index (χ4v) is 1.92. The van der Waals surface area contributed by atoms with Crippen LogP contribution >= 0.6 is 0 Å². The molecule has 1 rings (SSSR count). The van der Waals surface area contributed by atoms with Gasteiger partial charge in [-0.3, -0.25) is 0 Å². The summed E-state index contributed by atoms with van der Waals surface area (Å²) < 4.78 is 49.1. The van der Waals surface area contributed by atoms with E-state index in [0.717, 1.165) is 0 Å². The minimum Gasteiger partial charge on any atom is -0.397 e. The first-order chi connectivity index (χ1) is 7.86. The first kappa shape index (κ1) is 13.7. The number of hydrogen-bond donors (Lipinski definition) is 3. The van der Waals surface area contributed by atoms with Gasteiger partial charge >= 0.3 is 0 Å². The predicted octanol–water partition coefficient (Wildman–Crippen LogP) is 0.854. The van der Waals surface area contributed by atoms with Crippen molar-refractivity contribution in [3.05, 3.63) is 18.2 Å². The van der Waals surface area contributed by atoms with E-state index in [9.17, 15) is 17.2 Å². The SMILES string of the molecule is CNS(=O)(=O)c1ccc(N)c(NCC(F)F)c1. The zero-order valence-electron chi connectivity index (χ0n) is 9.07. The molecule has 0 aliphatic heterocycles. The zero-order valence-corrected chi connectivity index (χ0v) is 9.89. The summed E-state index contributed by atoms with van der Waals surface area (Å²) >= 11 is 0. The summed E-state index contributed by atoms with van der Waals surface area (Å²) in [5.41, 5.74) is 5.91. The Kier molecular flexibility index (Phi) is 4.24. The Morgan fingerprint density at radius 2 is 2.06 bits per heavy atom. The maximum atomic E-state index is 12.0. The Bertz CT molecular complexity index is 491. The van der Waals surface area contributed by atoms with Crippen LogP contribution in [0, 0.1) is 0 Å². The lowest BCUT2D eigenvalue weighted by Crippen LogP contribution is -2.19. The minimum atomic E-state index is -3.61. The van der Waals surface area contributed by atoms with Crippen LogP contribution in [0.4, 0.5) is 20.2 Å². The molecule has 8 heteroatoms. The molecule has 0 aliphatic rings. The zero-order chi connectivity index (χ0) is 13.1. The van der Waals surface area contributed by atoms with Gasteiger partial charge in [-0.1, -0.05) is 0 Å². The third-order valence-electron chi connectivity index (χ3n) is 2.05. The molecule has 5 nitrogen and oxygen atoms in total. The molecule has 0 unspecified atom stereocenters. The Hall–Kier alpha value is -1.41. The van der Waals surface area contributed by atoms with E-state index in [1.54, 1.807) is 0 Å². The van der Waals surface area contributed by atoms with Crippen LogP contribution in [-0.4, -0.2) is 28.4 Å². The fraction of sp³-hybridized carbons (Fsp3) is 0.333. The van der Waals surface area contributed by atoms with Crippen LogP contribution in [0.3, 0.4) is 0 Å². The number of nitrogens with two attached hydrogens (primary N) is 1. The Morgan fingerprint density at radius 3 is 2.59 bits per heavy atom. The Balaban J connectivity index is 3.03. The van der Waals surface area contributed by atoms with Crippen molar-refractivity contribution in [1.82, 2.24) is 4.72 Å². The smallest absolute Gasteiger partial charge is 0.255 e. The van der Waals surface area contributed by atoms with E-state index in [0.29, 0.717) is 0 Å². The van der Waals surface area contributed by atoms with E-state index < -0.39 is 23.0 Å². The normalized spacial score (nSPS) is 11.8. The summed E-state index contributed by atoms with van der Waals surface area (Å²) in [6, 6.07) is 3.86. The van der Waals surface area contributed by atoms with Gasteiger partial charge in [-0.05, 0) is 25.2 Å². The Labute approximate surface area is 98.1 Å². The van der Waals surface area contributed by atoms with Crippen molar-refractivity contribution in [2.75, 3.05) is 24.6 Å². The molecule has 17 heavy (non-hydrogen) atoms. The van der Waals surface area contributed by atoms with Crippen molar-refractivity contribution in [2.45, 2.75) is 11.3 Å². The summed E-state index contributed by atoms with van der Waals surface area (Å²) in [5, 5.41) is 2.38. The van der Waals surface area contributed by atoms with Crippen LogP contribution in [0.1, 0.15) is 0 Å². The minimum absolute atomic E-state index is 0.0361. The molecule has 96 valence electrons. The summed E-state index contributed by atoms with van der Waals surface area (Å²) in [5.74, 6) is 0. The molecule has 0 radical (unpaired) electrons. The van der Waals surface area contributed by atoms with E-state index in [-0.39, 0.29) is 16.3 Å². The van der Waals surface area contributed by atoms with Crippen LogP contribution in [-0.2, 0) is 10.0 Å². The van der Waals surface area contributed by atoms with E-state index in [1.807, 2.05) is 0 Å². The van der Waals surface area contributed by atoms with Gasteiger partial charge in [0.2, 0.25) is 10.0 Å². The number of sulfonamides is 1. The third-order valence-corrected chi connectivity index (χ3v) is 3.46. The average Bonchev–Trinajstić information content (AvgIpc) is 2.27. The molecule has 1 aromatic carbocycles. The average molecular weight is 265 g/mol. The monoisotopic (exact) mass is 265 g/mol. The van der Waals surface area contributed by atoms with Crippen molar-refractivity contribution in [3.63, 3.8) is 0 Å². The van der Waals surface area contributed by atoms with Gasteiger partial charge in [0.25, 0.3) is 6.43 Å². The topological polar surface area (TPSA) is 84.2 Å². The summed E-state index contributed by atoms with van der Waals surface area (Å²) in [6.07, 6.45) is -2.54. The van der Waals surface area contributed by atoms with Gasteiger partial charge in [0.1, 0.15) is 0 Å². The first-order valence-corrected chi connectivity index (χ1v) is 6.20. The van der Waals surface area contributed by atoms with Gasteiger partial charge in [-0.2, -0.15) is 0 Å². The van der Waals surface area contributed by atoms with E-state index in [1.165, 1.54) is 25.2 Å². The van der Waals surface area contributed by atoms with Crippen LogP contribution in [0.2, 0.25) is 0 Å². The molecule has 0 amide bonds. The number of halogens is 2. The molecule has 1 aromatic rings. The molecule has 0 fully saturated rings. The molecule has 0 heterocycles. The number of nitrogens with one attached hydrogen (secondary N) is 2. The molecule has 0 aromatic heterocycles. The number of rotatable bonds is 5. The molecule has 0 aliphatic carbocycles. The molecule has 4 N–H and O–H groups in total. The van der Waals surface area contributed by atoms with Crippen molar-refractivity contribution in [1.29, 1.82) is 0 Å². The van der Waals surface area contributed by atoms with Crippen LogP contribution in [0.15, 0.2) is 23.1 Å². The van der Waals surface area contributed by atoms with Gasteiger partial charge in [0, 0.05) is 0 Å². The lowest BCUT2D eigenvalue weighted by atomic mass is 10.2. The van der Waals surface area contributed by atoms with E-state index in [4.69, 9.17) is 5.73 Å². The van der Waals surface area contributed by atoms with Gasteiger partial charge in [-0.25, -0.2) is 21.9 Å². The molecule has 0 spiro atoms. The summed E-state index contributed by atoms with van der Waals surface area (Å²) in [4.78, 5) is -0.0361. The number of nitrogen functional groups attached to an aromatic ring is 1. The van der Waals surface area contributed by atoms with Gasteiger partial charge in [0.15, 0.2) is 0 Å².